The smallest absolute Gasteiger partial charge is 0.232 e. The van der Waals surface area contributed by atoms with Crippen LogP contribution in [0, 0.1) is 20.8 Å². The molecule has 0 amide bonds. The number of rotatable bonds is 4. The standard InChI is InChI=1S/C24H22BrNO2S2/c1-15-9-11-18(12-10-15)30(27,28)26-22-17(3)13-16(2)14-20(22)24(29-4)23(26)19-7-5-6-8-21(19)25/h5-14H,1-4H3/i4D. The Balaban J connectivity index is 2.21. The third-order valence-corrected chi connectivity index (χ3v) is 8.25. The molecule has 1 aromatic heterocycles. The fourth-order valence-electron chi connectivity index (χ4n) is 3.82. The zero-order valence-electron chi connectivity index (χ0n) is 17.9. The van der Waals surface area contributed by atoms with E-state index < -0.39 is 10.0 Å². The van der Waals surface area contributed by atoms with Gasteiger partial charge in [-0.2, -0.15) is 0 Å². The molecule has 0 radical (unpaired) electrons. The summed E-state index contributed by atoms with van der Waals surface area (Å²) in [5.41, 5.74) is 4.97. The first-order valence-corrected chi connectivity index (χ1v) is 12.6. The van der Waals surface area contributed by atoms with Crippen molar-refractivity contribution in [3.8, 4) is 11.3 Å². The van der Waals surface area contributed by atoms with Gasteiger partial charge in [0.05, 0.1) is 16.1 Å². The molecular formula is C24H22BrNO2S2. The molecule has 0 saturated carbocycles. The third kappa shape index (κ3) is 3.41. The highest BCUT2D eigenvalue weighted by Gasteiger charge is 2.29. The van der Waals surface area contributed by atoms with Crippen LogP contribution in [0.25, 0.3) is 22.2 Å². The lowest BCUT2D eigenvalue weighted by Gasteiger charge is -2.15. The van der Waals surface area contributed by atoms with Crippen LogP contribution in [0.15, 0.2) is 74.9 Å². The van der Waals surface area contributed by atoms with Crippen molar-refractivity contribution < 1.29 is 9.79 Å². The van der Waals surface area contributed by atoms with Crippen molar-refractivity contribution in [3.05, 3.63) is 81.8 Å². The minimum atomic E-state index is -3.89. The van der Waals surface area contributed by atoms with Crippen LogP contribution in [0.2, 0.25) is 0 Å². The summed E-state index contributed by atoms with van der Waals surface area (Å²) in [5.74, 6) is 0. The van der Waals surface area contributed by atoms with E-state index >= 15 is 0 Å². The Morgan fingerprint density at radius 1 is 0.967 bits per heavy atom. The summed E-state index contributed by atoms with van der Waals surface area (Å²) in [6.45, 7) is 5.88. The maximum absolute atomic E-state index is 14.0. The van der Waals surface area contributed by atoms with Gasteiger partial charge in [0.2, 0.25) is 0 Å². The Bertz CT molecular complexity index is 1390. The normalized spacial score (nSPS) is 12.3. The van der Waals surface area contributed by atoms with Crippen molar-refractivity contribution in [2.75, 3.05) is 6.23 Å². The van der Waals surface area contributed by atoms with Gasteiger partial charge in [0.25, 0.3) is 10.0 Å². The largest absolute Gasteiger partial charge is 0.268 e. The van der Waals surface area contributed by atoms with Crippen LogP contribution in [0.5, 0.6) is 0 Å². The van der Waals surface area contributed by atoms with Gasteiger partial charge in [-0.1, -0.05) is 63.5 Å². The van der Waals surface area contributed by atoms with Gasteiger partial charge in [0, 0.05) is 21.7 Å². The first-order chi connectivity index (χ1) is 14.8. The van der Waals surface area contributed by atoms with Crippen molar-refractivity contribution in [2.24, 2.45) is 0 Å². The van der Waals surface area contributed by atoms with Gasteiger partial charge in [0.1, 0.15) is 0 Å². The van der Waals surface area contributed by atoms with Gasteiger partial charge in [-0.15, -0.1) is 11.8 Å². The molecule has 0 bridgehead atoms. The maximum atomic E-state index is 14.0. The molecule has 0 aliphatic heterocycles. The van der Waals surface area contributed by atoms with Gasteiger partial charge >= 0.3 is 0 Å². The zero-order valence-corrected chi connectivity index (χ0v) is 20.2. The predicted octanol–water partition coefficient (Wildman–Crippen LogP) is 6.95. The van der Waals surface area contributed by atoms with E-state index in [2.05, 4.69) is 15.9 Å². The number of thioether (sulfide) groups is 1. The summed E-state index contributed by atoms with van der Waals surface area (Å²) in [5, 5.41) is 0.858. The molecule has 154 valence electrons. The summed E-state index contributed by atoms with van der Waals surface area (Å²) in [7, 11) is -3.89. The summed E-state index contributed by atoms with van der Waals surface area (Å²) >= 11 is 4.96. The minimum Gasteiger partial charge on any atom is -0.232 e. The number of hydrogen-bond donors (Lipinski definition) is 0. The molecular weight excluding hydrogens is 478 g/mol. The Morgan fingerprint density at radius 3 is 2.33 bits per heavy atom. The van der Waals surface area contributed by atoms with Crippen molar-refractivity contribution in [2.45, 2.75) is 30.6 Å². The monoisotopic (exact) mass is 500 g/mol. The molecule has 30 heavy (non-hydrogen) atoms. The molecule has 0 fully saturated rings. The summed E-state index contributed by atoms with van der Waals surface area (Å²) in [4.78, 5) is 1.05. The molecule has 4 rings (SSSR count). The molecule has 3 aromatic carbocycles. The van der Waals surface area contributed by atoms with Crippen molar-refractivity contribution >= 4 is 48.6 Å². The van der Waals surface area contributed by atoms with Crippen LogP contribution in [0.1, 0.15) is 18.1 Å². The predicted molar refractivity (Wildman–Crippen MR) is 130 cm³/mol. The number of fused-ring (bicyclic) bond motifs is 1. The summed E-state index contributed by atoms with van der Waals surface area (Å²) in [6.07, 6.45) is 0.0914. The van der Waals surface area contributed by atoms with Gasteiger partial charge in [0.15, 0.2) is 0 Å². The van der Waals surface area contributed by atoms with Crippen molar-refractivity contribution in [3.63, 3.8) is 0 Å². The minimum absolute atomic E-state index is 0.0914. The third-order valence-electron chi connectivity index (χ3n) is 5.14. The highest BCUT2D eigenvalue weighted by atomic mass is 79.9. The van der Waals surface area contributed by atoms with Crippen LogP contribution >= 0.6 is 27.7 Å². The van der Waals surface area contributed by atoms with Gasteiger partial charge in [-0.25, -0.2) is 12.4 Å². The lowest BCUT2D eigenvalue weighted by molar-refractivity contribution is 0.589. The lowest BCUT2D eigenvalue weighted by Crippen LogP contribution is -2.15. The number of hydrogen-bond acceptors (Lipinski definition) is 3. The highest BCUT2D eigenvalue weighted by molar-refractivity contribution is 9.10. The van der Waals surface area contributed by atoms with E-state index in [4.69, 9.17) is 1.37 Å². The van der Waals surface area contributed by atoms with E-state index in [1.54, 1.807) is 12.1 Å². The number of benzene rings is 3. The van der Waals surface area contributed by atoms with E-state index in [0.717, 1.165) is 37.0 Å². The molecule has 1 heterocycles. The molecule has 0 atom stereocenters. The maximum Gasteiger partial charge on any atom is 0.268 e. The number of aryl methyl sites for hydroxylation is 3. The Kier molecular flexibility index (Phi) is 5.25. The molecule has 0 unspecified atom stereocenters. The molecule has 0 aliphatic carbocycles. The van der Waals surface area contributed by atoms with E-state index in [1.807, 2.05) is 69.3 Å². The topological polar surface area (TPSA) is 39.1 Å². The van der Waals surface area contributed by atoms with E-state index in [0.29, 0.717) is 11.2 Å². The zero-order chi connectivity index (χ0) is 22.3. The molecule has 0 saturated heterocycles. The second-order valence-electron chi connectivity index (χ2n) is 7.36. The van der Waals surface area contributed by atoms with Gasteiger partial charge in [-0.05, 0) is 56.8 Å². The van der Waals surface area contributed by atoms with Gasteiger partial charge in [-0.3, -0.25) is 0 Å². The Hall–Kier alpha value is -2.02. The lowest BCUT2D eigenvalue weighted by atomic mass is 10.1. The van der Waals surface area contributed by atoms with E-state index in [-0.39, 0.29) is 11.1 Å². The molecule has 0 spiro atoms. The quantitative estimate of drug-likeness (QED) is 0.284. The fourth-order valence-corrected chi connectivity index (χ4v) is 6.60. The highest BCUT2D eigenvalue weighted by Crippen LogP contribution is 2.44. The SMILES string of the molecule is [2H]CSc1c(-c2ccccc2Br)n(S(=O)(=O)c2ccc(C)cc2)c2c(C)cc(C)cc12. The summed E-state index contributed by atoms with van der Waals surface area (Å²) < 4.78 is 38.2. The van der Waals surface area contributed by atoms with Crippen LogP contribution < -0.4 is 0 Å². The molecule has 0 aliphatic rings. The van der Waals surface area contributed by atoms with Crippen molar-refractivity contribution in [1.82, 2.24) is 3.97 Å². The molecule has 6 heteroatoms. The Labute approximate surface area is 191 Å². The second-order valence-corrected chi connectivity index (χ2v) is 10.7. The van der Waals surface area contributed by atoms with Crippen LogP contribution in [0.4, 0.5) is 0 Å². The van der Waals surface area contributed by atoms with Crippen LogP contribution in [-0.2, 0) is 10.0 Å². The second kappa shape index (κ2) is 7.91. The first kappa shape index (κ1) is 19.9. The molecule has 0 N–H and O–H groups in total. The van der Waals surface area contributed by atoms with E-state index in [1.165, 1.54) is 15.7 Å². The number of halogens is 1. The summed E-state index contributed by atoms with van der Waals surface area (Å²) in [6, 6.07) is 18.6. The number of aromatic nitrogens is 1. The van der Waals surface area contributed by atoms with Crippen LogP contribution in [0.3, 0.4) is 0 Å². The number of nitrogens with zero attached hydrogens (tertiary/aromatic N) is 1. The van der Waals surface area contributed by atoms with Crippen LogP contribution in [-0.4, -0.2) is 18.6 Å². The average molecular weight is 501 g/mol. The Morgan fingerprint density at radius 2 is 1.67 bits per heavy atom. The van der Waals surface area contributed by atoms with E-state index in [9.17, 15) is 8.42 Å². The first-order valence-electron chi connectivity index (χ1n) is 10.1. The average Bonchev–Trinajstić information content (AvgIpc) is 3.04. The van der Waals surface area contributed by atoms with Crippen molar-refractivity contribution in [1.29, 1.82) is 0 Å². The molecule has 3 nitrogen and oxygen atoms in total. The molecule has 4 aromatic rings. The van der Waals surface area contributed by atoms with Gasteiger partial charge < -0.3 is 0 Å². The fraction of sp³-hybridized carbons (Fsp3) is 0.167.